The van der Waals surface area contributed by atoms with Crippen LogP contribution >= 0.6 is 11.6 Å². The summed E-state index contributed by atoms with van der Waals surface area (Å²) in [5, 5.41) is 7.17. The highest BCUT2D eigenvalue weighted by molar-refractivity contribution is 7.90. The van der Waals surface area contributed by atoms with Crippen molar-refractivity contribution in [3.05, 3.63) is 65.3 Å². The van der Waals surface area contributed by atoms with Crippen LogP contribution in [-0.4, -0.2) is 46.5 Å². The van der Waals surface area contributed by atoms with Gasteiger partial charge in [0.15, 0.2) is 23.1 Å². The maximum Gasteiger partial charge on any atom is 0.269 e. The van der Waals surface area contributed by atoms with E-state index in [1.165, 1.54) is 12.4 Å². The number of hydrogen-bond donors (Lipinski definition) is 2. The van der Waals surface area contributed by atoms with Gasteiger partial charge in [-0.05, 0) is 44.5 Å². The molecule has 0 spiro atoms. The highest BCUT2D eigenvalue weighted by Crippen LogP contribution is 2.32. The van der Waals surface area contributed by atoms with E-state index >= 15 is 0 Å². The van der Waals surface area contributed by atoms with Crippen LogP contribution in [0.4, 0.5) is 10.2 Å². The number of nitrogens with one attached hydrogen (secondary N) is 2. The predicted molar refractivity (Wildman–Crippen MR) is 129 cm³/mol. The summed E-state index contributed by atoms with van der Waals surface area (Å²) in [6.45, 7) is 3.51. The average molecular weight is 501 g/mol. The van der Waals surface area contributed by atoms with Gasteiger partial charge in [0.1, 0.15) is 0 Å². The molecular weight excluding hydrogens is 479 g/mol. The molecule has 1 aliphatic heterocycles. The Hall–Kier alpha value is -3.08. The summed E-state index contributed by atoms with van der Waals surface area (Å²) in [6.07, 6.45) is 5.73. The van der Waals surface area contributed by atoms with Crippen molar-refractivity contribution in [2.45, 2.75) is 30.7 Å². The molecule has 34 heavy (non-hydrogen) atoms. The fourth-order valence-corrected chi connectivity index (χ4v) is 5.49. The van der Waals surface area contributed by atoms with E-state index in [9.17, 15) is 12.8 Å². The number of rotatable bonds is 5. The molecule has 3 aromatic heterocycles. The molecule has 0 saturated carbocycles. The van der Waals surface area contributed by atoms with E-state index in [4.69, 9.17) is 11.6 Å². The Morgan fingerprint density at radius 3 is 2.74 bits per heavy atom. The van der Waals surface area contributed by atoms with Gasteiger partial charge < -0.3 is 10.6 Å². The Morgan fingerprint density at radius 2 is 2.00 bits per heavy atom. The molecular formula is C23H22ClFN6O2S. The molecule has 0 amide bonds. The fourth-order valence-electron chi connectivity index (χ4n) is 4.01. The lowest BCUT2D eigenvalue weighted by molar-refractivity contribution is 0.476. The highest BCUT2D eigenvalue weighted by atomic mass is 35.5. The zero-order valence-corrected chi connectivity index (χ0v) is 19.9. The van der Waals surface area contributed by atoms with Crippen molar-refractivity contribution in [1.29, 1.82) is 0 Å². The number of piperidine rings is 1. The van der Waals surface area contributed by atoms with Gasteiger partial charge in [0.05, 0.1) is 16.1 Å². The smallest absolute Gasteiger partial charge is 0.269 e. The number of fused-ring (bicyclic) bond motifs is 1. The molecule has 1 fully saturated rings. The maximum atomic E-state index is 14.5. The van der Waals surface area contributed by atoms with Crippen LogP contribution in [0.2, 0.25) is 5.02 Å². The van der Waals surface area contributed by atoms with E-state index < -0.39 is 15.8 Å². The van der Waals surface area contributed by atoms with Gasteiger partial charge in [0.25, 0.3) is 10.0 Å². The van der Waals surface area contributed by atoms with Gasteiger partial charge in [0.2, 0.25) is 0 Å². The fraction of sp³-hybridized carbons (Fsp3) is 0.261. The minimum absolute atomic E-state index is 0.0327. The number of pyridine rings is 1. The Bertz CT molecular complexity index is 1470. The van der Waals surface area contributed by atoms with Crippen LogP contribution < -0.4 is 10.6 Å². The summed E-state index contributed by atoms with van der Waals surface area (Å²) in [5.74, 6) is -0.350. The molecule has 0 radical (unpaired) electrons. The normalized spacial score (nSPS) is 16.6. The quantitative estimate of drug-likeness (QED) is 0.427. The summed E-state index contributed by atoms with van der Waals surface area (Å²) in [6, 6.07) is 8.17. The summed E-state index contributed by atoms with van der Waals surface area (Å²) >= 11 is 6.18. The zero-order chi connectivity index (χ0) is 23.9. The van der Waals surface area contributed by atoms with Crippen molar-refractivity contribution in [3.63, 3.8) is 0 Å². The topological polar surface area (TPSA) is 102 Å². The second kappa shape index (κ2) is 8.94. The first-order valence-electron chi connectivity index (χ1n) is 10.8. The number of nitrogens with zero attached hydrogens (tertiary/aromatic N) is 4. The number of aromatic nitrogens is 4. The Balaban J connectivity index is 1.63. The van der Waals surface area contributed by atoms with Crippen molar-refractivity contribution >= 4 is 38.5 Å². The summed E-state index contributed by atoms with van der Waals surface area (Å²) < 4.78 is 42.5. The molecule has 1 aromatic carbocycles. The Labute approximate surface area is 201 Å². The standard InChI is InChI=1S/C23H22ClFN6O2S/c1-14-4-6-17(7-5-14)34(32,33)31-13-19(18-9-15(24)10-28-23(18)31)21-27-12-20(25)22(30-21)29-16-3-2-8-26-11-16/h4-7,9-10,12-13,16,26H,2-3,8,11H2,1H3,(H,27,29,30). The third kappa shape index (κ3) is 4.24. The predicted octanol–water partition coefficient (Wildman–Crippen LogP) is 4.00. The van der Waals surface area contributed by atoms with E-state index in [0.29, 0.717) is 22.5 Å². The number of hydrogen-bond acceptors (Lipinski definition) is 7. The lowest BCUT2D eigenvalue weighted by Crippen LogP contribution is -2.38. The Kier molecular flexibility index (Phi) is 5.97. The molecule has 0 aliphatic carbocycles. The molecule has 2 N–H and O–H groups in total. The largest absolute Gasteiger partial charge is 0.364 e. The minimum atomic E-state index is -3.97. The number of benzene rings is 1. The second-order valence-electron chi connectivity index (χ2n) is 8.26. The molecule has 5 rings (SSSR count). The van der Waals surface area contributed by atoms with Gasteiger partial charge in [-0.25, -0.2) is 31.7 Å². The molecule has 176 valence electrons. The summed E-state index contributed by atoms with van der Waals surface area (Å²) in [7, 11) is -3.97. The molecule has 0 bridgehead atoms. The minimum Gasteiger partial charge on any atom is -0.364 e. The average Bonchev–Trinajstić information content (AvgIpc) is 3.21. The van der Waals surface area contributed by atoms with Gasteiger partial charge in [0, 0.05) is 35.9 Å². The highest BCUT2D eigenvalue weighted by Gasteiger charge is 2.25. The van der Waals surface area contributed by atoms with Crippen LogP contribution in [0.3, 0.4) is 0 Å². The molecule has 1 saturated heterocycles. The number of aryl methyl sites for hydroxylation is 1. The van der Waals surface area contributed by atoms with Crippen molar-refractivity contribution in [2.75, 3.05) is 18.4 Å². The van der Waals surface area contributed by atoms with Crippen molar-refractivity contribution in [1.82, 2.24) is 24.2 Å². The van der Waals surface area contributed by atoms with Gasteiger partial charge in [-0.1, -0.05) is 29.3 Å². The van der Waals surface area contributed by atoms with E-state index in [0.717, 1.165) is 35.1 Å². The van der Waals surface area contributed by atoms with Crippen LogP contribution in [0.25, 0.3) is 22.4 Å². The lowest BCUT2D eigenvalue weighted by Gasteiger charge is -2.24. The van der Waals surface area contributed by atoms with Gasteiger partial charge in [-0.3, -0.25) is 0 Å². The second-order valence-corrected chi connectivity index (χ2v) is 10.5. The first-order chi connectivity index (χ1) is 16.3. The molecule has 4 heterocycles. The first-order valence-corrected chi connectivity index (χ1v) is 12.6. The van der Waals surface area contributed by atoms with Crippen molar-refractivity contribution < 1.29 is 12.8 Å². The van der Waals surface area contributed by atoms with E-state index in [1.54, 1.807) is 30.3 Å². The van der Waals surface area contributed by atoms with Crippen LogP contribution in [0.1, 0.15) is 18.4 Å². The zero-order valence-electron chi connectivity index (χ0n) is 18.3. The van der Waals surface area contributed by atoms with Gasteiger partial charge >= 0.3 is 0 Å². The molecule has 8 nitrogen and oxygen atoms in total. The van der Waals surface area contributed by atoms with Crippen molar-refractivity contribution in [2.24, 2.45) is 0 Å². The van der Waals surface area contributed by atoms with Gasteiger partial charge in [-0.2, -0.15) is 0 Å². The molecule has 1 unspecified atom stereocenters. The van der Waals surface area contributed by atoms with E-state index in [-0.39, 0.29) is 28.2 Å². The van der Waals surface area contributed by atoms with Crippen LogP contribution in [0.15, 0.2) is 53.8 Å². The maximum absolute atomic E-state index is 14.5. The molecule has 1 aliphatic rings. The molecule has 11 heteroatoms. The van der Waals surface area contributed by atoms with Crippen LogP contribution in [0.5, 0.6) is 0 Å². The number of halogens is 2. The van der Waals surface area contributed by atoms with E-state index in [2.05, 4.69) is 25.6 Å². The third-order valence-electron chi connectivity index (χ3n) is 5.78. The number of anilines is 1. The molecule has 4 aromatic rings. The van der Waals surface area contributed by atoms with Crippen LogP contribution in [0, 0.1) is 12.7 Å². The lowest BCUT2D eigenvalue weighted by atomic mass is 10.1. The Morgan fingerprint density at radius 1 is 1.21 bits per heavy atom. The summed E-state index contributed by atoms with van der Waals surface area (Å²) in [5.41, 5.74) is 1.50. The third-order valence-corrected chi connectivity index (χ3v) is 7.65. The van der Waals surface area contributed by atoms with E-state index in [1.807, 2.05) is 6.92 Å². The van der Waals surface area contributed by atoms with Gasteiger partial charge in [-0.15, -0.1) is 0 Å². The van der Waals surface area contributed by atoms with Crippen molar-refractivity contribution in [3.8, 4) is 11.4 Å². The SMILES string of the molecule is Cc1ccc(S(=O)(=O)n2cc(-c3ncc(F)c(NC4CCCNC4)n3)c3cc(Cl)cnc32)cc1. The summed E-state index contributed by atoms with van der Waals surface area (Å²) in [4.78, 5) is 12.9. The first kappa shape index (κ1) is 22.7. The monoisotopic (exact) mass is 500 g/mol. The molecule has 1 atom stereocenters. The van der Waals surface area contributed by atoms with Crippen LogP contribution in [-0.2, 0) is 10.0 Å².